The molecule has 0 aromatic heterocycles. The Morgan fingerprint density at radius 1 is 1.65 bits per heavy atom. The van der Waals surface area contributed by atoms with E-state index >= 15 is 0 Å². The first-order chi connectivity index (χ1) is 9.51. The largest absolute Gasteiger partial charge is 0.480 e. The van der Waals surface area contributed by atoms with Gasteiger partial charge >= 0.3 is 0 Å². The predicted molar refractivity (Wildman–Crippen MR) is 77.9 cm³/mol. The van der Waals surface area contributed by atoms with Gasteiger partial charge in [-0.15, -0.1) is 0 Å². The van der Waals surface area contributed by atoms with Crippen LogP contribution in [0.1, 0.15) is 13.3 Å². The van der Waals surface area contributed by atoms with Crippen LogP contribution < -0.4 is 10.5 Å². The molecule has 110 valence electrons. The molecule has 0 aliphatic carbocycles. The van der Waals surface area contributed by atoms with E-state index in [0.29, 0.717) is 29.2 Å². The summed E-state index contributed by atoms with van der Waals surface area (Å²) in [5.74, 6) is 0.427. The van der Waals surface area contributed by atoms with Crippen LogP contribution in [0.15, 0.2) is 22.7 Å². The van der Waals surface area contributed by atoms with Crippen LogP contribution >= 0.6 is 15.9 Å². The zero-order valence-electron chi connectivity index (χ0n) is 11.3. The van der Waals surface area contributed by atoms with E-state index in [1.807, 2.05) is 0 Å². The van der Waals surface area contributed by atoms with Gasteiger partial charge in [-0.05, 0) is 59.9 Å². The van der Waals surface area contributed by atoms with Gasteiger partial charge in [0.05, 0.1) is 4.47 Å². The molecule has 1 amide bonds. The van der Waals surface area contributed by atoms with Crippen LogP contribution in [0.4, 0.5) is 4.39 Å². The predicted octanol–water partition coefficient (Wildman–Crippen LogP) is 2.16. The maximum absolute atomic E-state index is 13.0. The fourth-order valence-corrected chi connectivity index (χ4v) is 2.74. The molecule has 2 rings (SSSR count). The van der Waals surface area contributed by atoms with Crippen LogP contribution in [0, 0.1) is 11.7 Å². The summed E-state index contributed by atoms with van der Waals surface area (Å²) < 4.78 is 19.1. The summed E-state index contributed by atoms with van der Waals surface area (Å²) in [6.45, 7) is 3.71. The van der Waals surface area contributed by atoms with Gasteiger partial charge in [-0.1, -0.05) is 0 Å². The molecule has 2 N–H and O–H groups in total. The van der Waals surface area contributed by atoms with E-state index in [1.54, 1.807) is 11.8 Å². The second kappa shape index (κ2) is 6.54. The van der Waals surface area contributed by atoms with Crippen LogP contribution in [-0.4, -0.2) is 36.5 Å². The molecule has 1 aliphatic rings. The Balaban J connectivity index is 1.97. The summed E-state index contributed by atoms with van der Waals surface area (Å²) in [4.78, 5) is 14.0. The number of nitrogens with zero attached hydrogens (tertiary/aromatic N) is 1. The maximum atomic E-state index is 13.0. The number of amides is 1. The van der Waals surface area contributed by atoms with E-state index < -0.39 is 6.10 Å². The number of hydrogen-bond donors (Lipinski definition) is 1. The number of ether oxygens (including phenoxy) is 1. The van der Waals surface area contributed by atoms with Crippen LogP contribution in [0.25, 0.3) is 0 Å². The first kappa shape index (κ1) is 15.3. The van der Waals surface area contributed by atoms with Crippen LogP contribution in [0.2, 0.25) is 0 Å². The Hall–Kier alpha value is -1.14. The van der Waals surface area contributed by atoms with Gasteiger partial charge < -0.3 is 15.4 Å². The van der Waals surface area contributed by atoms with E-state index in [0.717, 1.165) is 13.0 Å². The van der Waals surface area contributed by atoms with Crippen molar-refractivity contribution >= 4 is 21.8 Å². The topological polar surface area (TPSA) is 55.6 Å². The second-order valence-corrected chi connectivity index (χ2v) is 5.86. The molecule has 1 aliphatic heterocycles. The fourth-order valence-electron chi connectivity index (χ4n) is 2.29. The van der Waals surface area contributed by atoms with Gasteiger partial charge in [0.15, 0.2) is 6.10 Å². The molecular formula is C14H18BrFN2O2. The van der Waals surface area contributed by atoms with Crippen molar-refractivity contribution in [2.75, 3.05) is 19.6 Å². The minimum Gasteiger partial charge on any atom is -0.480 e. The molecule has 0 bridgehead atoms. The van der Waals surface area contributed by atoms with Crippen molar-refractivity contribution in [2.45, 2.75) is 19.4 Å². The average molecular weight is 345 g/mol. The minimum absolute atomic E-state index is 0.0582. The highest BCUT2D eigenvalue weighted by atomic mass is 79.9. The number of nitrogens with two attached hydrogens (primary N) is 1. The summed E-state index contributed by atoms with van der Waals surface area (Å²) in [5.41, 5.74) is 5.62. The number of carbonyl (C=O) groups is 1. The van der Waals surface area contributed by atoms with Crippen molar-refractivity contribution in [1.82, 2.24) is 4.90 Å². The lowest BCUT2D eigenvalue weighted by Crippen LogP contribution is -2.39. The third kappa shape index (κ3) is 3.49. The summed E-state index contributed by atoms with van der Waals surface area (Å²) in [6.07, 6.45) is 0.336. The van der Waals surface area contributed by atoms with E-state index in [2.05, 4.69) is 15.9 Å². The molecule has 1 aromatic rings. The Labute approximate surface area is 126 Å². The molecule has 1 heterocycles. The van der Waals surface area contributed by atoms with Crippen molar-refractivity contribution in [3.63, 3.8) is 0 Å². The Morgan fingerprint density at radius 2 is 2.40 bits per heavy atom. The number of halogens is 2. The van der Waals surface area contributed by atoms with Crippen molar-refractivity contribution in [3.05, 3.63) is 28.5 Å². The van der Waals surface area contributed by atoms with Crippen molar-refractivity contribution in [3.8, 4) is 5.75 Å². The highest BCUT2D eigenvalue weighted by Crippen LogP contribution is 2.27. The molecule has 1 fully saturated rings. The summed E-state index contributed by atoms with van der Waals surface area (Å²) in [7, 11) is 0. The molecule has 0 radical (unpaired) electrons. The average Bonchev–Trinajstić information content (AvgIpc) is 2.89. The highest BCUT2D eigenvalue weighted by Gasteiger charge is 2.29. The fraction of sp³-hybridized carbons (Fsp3) is 0.500. The van der Waals surface area contributed by atoms with Crippen molar-refractivity contribution < 1.29 is 13.9 Å². The second-order valence-electron chi connectivity index (χ2n) is 5.01. The third-order valence-electron chi connectivity index (χ3n) is 3.48. The molecule has 20 heavy (non-hydrogen) atoms. The SMILES string of the molecule is C[C@@H](Oc1ccc(F)cc1Br)C(=O)N1CC[C@@H](CN)C1. The lowest BCUT2D eigenvalue weighted by molar-refractivity contribution is -0.137. The minimum atomic E-state index is -0.603. The Morgan fingerprint density at radius 3 is 3.00 bits per heavy atom. The van der Waals surface area contributed by atoms with Crippen LogP contribution in [0.3, 0.4) is 0 Å². The number of carbonyl (C=O) groups excluding carboxylic acids is 1. The summed E-state index contributed by atoms with van der Waals surface area (Å²) >= 11 is 3.22. The van der Waals surface area contributed by atoms with Crippen LogP contribution in [0.5, 0.6) is 5.75 Å². The molecule has 1 saturated heterocycles. The first-order valence-corrected chi connectivity index (χ1v) is 7.41. The van der Waals surface area contributed by atoms with Gasteiger partial charge in [0, 0.05) is 13.1 Å². The molecule has 0 saturated carbocycles. The normalized spacial score (nSPS) is 20.0. The zero-order valence-corrected chi connectivity index (χ0v) is 12.9. The zero-order chi connectivity index (χ0) is 14.7. The lowest BCUT2D eigenvalue weighted by atomic mass is 10.1. The molecule has 4 nitrogen and oxygen atoms in total. The number of benzene rings is 1. The third-order valence-corrected chi connectivity index (χ3v) is 4.10. The van der Waals surface area contributed by atoms with Gasteiger partial charge in [-0.25, -0.2) is 4.39 Å². The van der Waals surface area contributed by atoms with Gasteiger partial charge in [-0.2, -0.15) is 0 Å². The molecular weight excluding hydrogens is 327 g/mol. The van der Waals surface area contributed by atoms with Gasteiger partial charge in [0.25, 0.3) is 5.91 Å². The van der Waals surface area contributed by atoms with E-state index in [9.17, 15) is 9.18 Å². The Bertz CT molecular complexity index is 498. The van der Waals surface area contributed by atoms with Crippen LogP contribution in [-0.2, 0) is 4.79 Å². The van der Waals surface area contributed by atoms with E-state index in [4.69, 9.17) is 10.5 Å². The summed E-state index contributed by atoms with van der Waals surface area (Å²) in [6, 6.07) is 4.13. The highest BCUT2D eigenvalue weighted by molar-refractivity contribution is 9.10. The molecule has 1 aromatic carbocycles. The van der Waals surface area contributed by atoms with Gasteiger partial charge in [-0.3, -0.25) is 4.79 Å². The smallest absolute Gasteiger partial charge is 0.263 e. The molecule has 0 unspecified atom stereocenters. The van der Waals surface area contributed by atoms with E-state index in [1.165, 1.54) is 18.2 Å². The monoisotopic (exact) mass is 344 g/mol. The first-order valence-electron chi connectivity index (χ1n) is 6.62. The lowest BCUT2D eigenvalue weighted by Gasteiger charge is -2.22. The number of likely N-dealkylation sites (tertiary alicyclic amines) is 1. The standard InChI is InChI=1S/C14H18BrFN2O2/c1-9(14(19)18-5-4-10(7-17)8-18)20-13-3-2-11(16)6-12(13)15/h2-3,6,9-10H,4-5,7-8,17H2,1H3/t9-,10+/m1/s1. The molecule has 2 atom stereocenters. The Kier molecular flexibility index (Phi) is 4.99. The van der Waals surface area contributed by atoms with Crippen molar-refractivity contribution in [1.29, 1.82) is 0 Å². The van der Waals surface area contributed by atoms with E-state index in [-0.39, 0.29) is 11.7 Å². The van der Waals surface area contributed by atoms with Gasteiger partial charge in [0.1, 0.15) is 11.6 Å². The van der Waals surface area contributed by atoms with Crippen molar-refractivity contribution in [2.24, 2.45) is 11.7 Å². The molecule has 0 spiro atoms. The number of rotatable bonds is 4. The molecule has 6 heteroatoms. The number of hydrogen-bond acceptors (Lipinski definition) is 3. The maximum Gasteiger partial charge on any atom is 0.263 e. The quantitative estimate of drug-likeness (QED) is 0.910. The summed E-state index contributed by atoms with van der Waals surface area (Å²) in [5, 5.41) is 0. The van der Waals surface area contributed by atoms with Gasteiger partial charge in [0.2, 0.25) is 0 Å².